The van der Waals surface area contributed by atoms with Crippen molar-refractivity contribution in [3.05, 3.63) is 62.3 Å². The van der Waals surface area contributed by atoms with Gasteiger partial charge in [-0.15, -0.1) is 0 Å². The van der Waals surface area contributed by atoms with E-state index in [1.165, 1.54) is 6.07 Å². The van der Waals surface area contributed by atoms with Gasteiger partial charge in [0.25, 0.3) is 0 Å². The normalized spacial score (nSPS) is 10.4. The molecular formula is C14H12Br2FN. The summed E-state index contributed by atoms with van der Waals surface area (Å²) in [5, 5.41) is 3.31. The molecule has 4 heteroatoms. The fourth-order valence-corrected chi connectivity index (χ4v) is 2.96. The monoisotopic (exact) mass is 371 g/mol. The topological polar surface area (TPSA) is 12.0 Å². The molecule has 0 fully saturated rings. The van der Waals surface area contributed by atoms with Gasteiger partial charge in [0, 0.05) is 15.5 Å². The first-order chi connectivity index (χ1) is 8.58. The van der Waals surface area contributed by atoms with Gasteiger partial charge in [-0.1, -0.05) is 12.1 Å². The van der Waals surface area contributed by atoms with Gasteiger partial charge in [0.05, 0.1) is 5.69 Å². The number of halogens is 3. The number of nitrogens with one attached hydrogen (secondary N) is 1. The van der Waals surface area contributed by atoms with Crippen molar-refractivity contribution in [2.45, 2.75) is 13.5 Å². The Morgan fingerprint density at radius 1 is 1.11 bits per heavy atom. The number of rotatable bonds is 3. The van der Waals surface area contributed by atoms with Crippen LogP contribution in [0.5, 0.6) is 0 Å². The zero-order valence-electron chi connectivity index (χ0n) is 9.81. The highest BCUT2D eigenvalue weighted by molar-refractivity contribution is 9.11. The molecule has 0 bridgehead atoms. The first-order valence-electron chi connectivity index (χ1n) is 5.51. The zero-order valence-corrected chi connectivity index (χ0v) is 13.0. The van der Waals surface area contributed by atoms with Gasteiger partial charge >= 0.3 is 0 Å². The molecule has 18 heavy (non-hydrogen) atoms. The fraction of sp³-hybridized carbons (Fsp3) is 0.143. The predicted octanol–water partition coefficient (Wildman–Crippen LogP) is 5.27. The first-order valence-corrected chi connectivity index (χ1v) is 7.09. The highest BCUT2D eigenvalue weighted by atomic mass is 79.9. The zero-order chi connectivity index (χ0) is 13.1. The Kier molecular flexibility index (Phi) is 4.40. The van der Waals surface area contributed by atoms with Crippen molar-refractivity contribution in [1.29, 1.82) is 0 Å². The molecule has 0 atom stereocenters. The van der Waals surface area contributed by atoms with Gasteiger partial charge in [0.15, 0.2) is 0 Å². The fourth-order valence-electron chi connectivity index (χ4n) is 1.68. The smallest absolute Gasteiger partial charge is 0.123 e. The van der Waals surface area contributed by atoms with Gasteiger partial charge in [-0.3, -0.25) is 0 Å². The van der Waals surface area contributed by atoms with E-state index in [9.17, 15) is 4.39 Å². The van der Waals surface area contributed by atoms with Crippen LogP contribution >= 0.6 is 31.9 Å². The molecule has 1 nitrogen and oxygen atoms in total. The summed E-state index contributed by atoms with van der Waals surface area (Å²) in [6.07, 6.45) is 0. The second-order valence-corrected chi connectivity index (χ2v) is 5.73. The molecule has 0 spiro atoms. The summed E-state index contributed by atoms with van der Waals surface area (Å²) in [7, 11) is 0. The van der Waals surface area contributed by atoms with Crippen molar-refractivity contribution in [2.24, 2.45) is 0 Å². The second-order valence-electron chi connectivity index (χ2n) is 4.02. The maximum Gasteiger partial charge on any atom is 0.123 e. The highest BCUT2D eigenvalue weighted by Gasteiger charge is 2.05. The molecule has 0 aromatic heterocycles. The van der Waals surface area contributed by atoms with Crippen LogP contribution in [0.1, 0.15) is 11.1 Å². The van der Waals surface area contributed by atoms with Crippen LogP contribution in [0.2, 0.25) is 0 Å². The average molecular weight is 373 g/mol. The van der Waals surface area contributed by atoms with Crippen molar-refractivity contribution in [1.82, 2.24) is 0 Å². The molecule has 0 saturated carbocycles. The molecule has 0 aliphatic carbocycles. The Balaban J connectivity index is 2.19. The molecule has 2 aromatic rings. The van der Waals surface area contributed by atoms with Crippen LogP contribution < -0.4 is 5.32 Å². The Labute approximate surface area is 123 Å². The van der Waals surface area contributed by atoms with Crippen LogP contribution in [-0.4, -0.2) is 0 Å². The third-order valence-electron chi connectivity index (χ3n) is 2.73. The van der Waals surface area contributed by atoms with E-state index in [4.69, 9.17) is 0 Å². The van der Waals surface area contributed by atoms with Crippen LogP contribution in [0.4, 0.5) is 10.1 Å². The molecule has 0 saturated heterocycles. The van der Waals surface area contributed by atoms with Crippen molar-refractivity contribution in [2.75, 3.05) is 5.32 Å². The molecule has 0 aliphatic rings. The maximum atomic E-state index is 13.2. The number of hydrogen-bond acceptors (Lipinski definition) is 1. The number of anilines is 1. The molecule has 2 aromatic carbocycles. The SMILES string of the molecule is Cc1ccc(F)cc1CNc1c(Br)cccc1Br. The molecule has 0 radical (unpaired) electrons. The quantitative estimate of drug-likeness (QED) is 0.773. The molecule has 1 N–H and O–H groups in total. The van der Waals surface area contributed by atoms with E-state index in [-0.39, 0.29) is 5.82 Å². The lowest BCUT2D eigenvalue weighted by atomic mass is 10.1. The number of para-hydroxylation sites is 1. The first kappa shape index (κ1) is 13.6. The third kappa shape index (κ3) is 3.12. The maximum absolute atomic E-state index is 13.2. The van der Waals surface area contributed by atoms with Crippen LogP contribution in [0, 0.1) is 12.7 Å². The van der Waals surface area contributed by atoms with E-state index in [1.54, 1.807) is 12.1 Å². The van der Waals surface area contributed by atoms with Crippen molar-refractivity contribution in [3.63, 3.8) is 0 Å². The molecular weight excluding hydrogens is 361 g/mol. The lowest BCUT2D eigenvalue weighted by molar-refractivity contribution is 0.625. The largest absolute Gasteiger partial charge is 0.379 e. The highest BCUT2D eigenvalue weighted by Crippen LogP contribution is 2.31. The van der Waals surface area contributed by atoms with Crippen LogP contribution in [0.3, 0.4) is 0 Å². The summed E-state index contributed by atoms with van der Waals surface area (Å²) in [4.78, 5) is 0. The Morgan fingerprint density at radius 2 is 1.78 bits per heavy atom. The molecule has 0 aliphatic heterocycles. The second kappa shape index (κ2) is 5.85. The summed E-state index contributed by atoms with van der Waals surface area (Å²) < 4.78 is 15.1. The van der Waals surface area contributed by atoms with E-state index >= 15 is 0 Å². The van der Waals surface area contributed by atoms with E-state index in [0.29, 0.717) is 6.54 Å². The summed E-state index contributed by atoms with van der Waals surface area (Å²) >= 11 is 6.97. The molecule has 0 amide bonds. The van der Waals surface area contributed by atoms with Gasteiger partial charge in [-0.2, -0.15) is 0 Å². The van der Waals surface area contributed by atoms with E-state index < -0.39 is 0 Å². The molecule has 2 rings (SSSR count). The number of aryl methyl sites for hydroxylation is 1. The van der Waals surface area contributed by atoms with Crippen LogP contribution in [0.25, 0.3) is 0 Å². The van der Waals surface area contributed by atoms with E-state index in [2.05, 4.69) is 37.2 Å². The van der Waals surface area contributed by atoms with E-state index in [1.807, 2.05) is 25.1 Å². The minimum Gasteiger partial charge on any atom is -0.379 e. The number of hydrogen-bond donors (Lipinski definition) is 1. The van der Waals surface area contributed by atoms with Crippen molar-refractivity contribution < 1.29 is 4.39 Å². The molecule has 0 heterocycles. The number of benzene rings is 2. The standard InChI is InChI=1S/C14H12Br2FN/c1-9-5-6-11(17)7-10(9)8-18-14-12(15)3-2-4-13(14)16/h2-7,18H,8H2,1H3. The molecule has 94 valence electrons. The van der Waals surface area contributed by atoms with Crippen molar-refractivity contribution >= 4 is 37.5 Å². The van der Waals surface area contributed by atoms with Crippen LogP contribution in [-0.2, 0) is 6.54 Å². The Bertz CT molecular complexity index is 549. The lowest BCUT2D eigenvalue weighted by Crippen LogP contribution is -2.03. The summed E-state index contributed by atoms with van der Waals surface area (Å²) in [5.41, 5.74) is 3.01. The van der Waals surface area contributed by atoms with Gasteiger partial charge in [-0.25, -0.2) is 4.39 Å². The summed E-state index contributed by atoms with van der Waals surface area (Å²) in [6.45, 7) is 2.57. The van der Waals surface area contributed by atoms with Gasteiger partial charge in [0.2, 0.25) is 0 Å². The lowest BCUT2D eigenvalue weighted by Gasteiger charge is -2.12. The summed E-state index contributed by atoms with van der Waals surface area (Å²) in [5.74, 6) is -0.205. The third-order valence-corrected chi connectivity index (χ3v) is 4.05. The summed E-state index contributed by atoms with van der Waals surface area (Å²) in [6, 6.07) is 10.7. The Hall–Kier alpha value is -0.870. The average Bonchev–Trinajstić information content (AvgIpc) is 2.33. The minimum atomic E-state index is -0.205. The van der Waals surface area contributed by atoms with Gasteiger partial charge < -0.3 is 5.32 Å². The molecule has 0 unspecified atom stereocenters. The Morgan fingerprint density at radius 3 is 2.44 bits per heavy atom. The van der Waals surface area contributed by atoms with Gasteiger partial charge in [0.1, 0.15) is 5.82 Å². The minimum absolute atomic E-state index is 0.205. The van der Waals surface area contributed by atoms with Crippen molar-refractivity contribution in [3.8, 4) is 0 Å². The van der Waals surface area contributed by atoms with Crippen LogP contribution in [0.15, 0.2) is 45.3 Å². The van der Waals surface area contributed by atoms with E-state index in [0.717, 1.165) is 25.8 Å². The van der Waals surface area contributed by atoms with Gasteiger partial charge in [-0.05, 0) is 74.2 Å². The predicted molar refractivity (Wildman–Crippen MR) is 80.3 cm³/mol.